The number of benzene rings is 3. The average Bonchev–Trinajstić information content (AvgIpc) is 2.76. The van der Waals surface area contributed by atoms with Crippen LogP contribution in [0.2, 0.25) is 0 Å². The molecule has 0 aliphatic heterocycles. The van der Waals surface area contributed by atoms with Gasteiger partial charge < -0.3 is 0 Å². The van der Waals surface area contributed by atoms with Gasteiger partial charge in [-0.05, 0) is 28.6 Å². The maximum absolute atomic E-state index is 13.1. The molecule has 0 heterocycles. The van der Waals surface area contributed by atoms with Crippen LogP contribution in [0.3, 0.4) is 0 Å². The third kappa shape index (κ3) is 1.57. The van der Waals surface area contributed by atoms with Crippen molar-refractivity contribution < 1.29 is 14.0 Å². The molecule has 2 nitrogen and oxygen atoms in total. The molecule has 0 radical (unpaired) electrons. The summed E-state index contributed by atoms with van der Waals surface area (Å²) in [6.45, 7) is 0. The van der Waals surface area contributed by atoms with Crippen LogP contribution in [0.4, 0.5) is 4.39 Å². The molecule has 100 valence electrons. The fourth-order valence-corrected chi connectivity index (χ4v) is 2.91. The Kier molecular flexibility index (Phi) is 2.33. The van der Waals surface area contributed by atoms with Crippen molar-refractivity contribution in [3.63, 3.8) is 0 Å². The first-order valence-electron chi connectivity index (χ1n) is 6.57. The normalized spacial score (nSPS) is 13.2. The molecule has 0 atom stereocenters. The second-order valence-corrected chi connectivity index (χ2v) is 5.06. The van der Waals surface area contributed by atoms with E-state index in [0.717, 1.165) is 10.9 Å². The Morgan fingerprint density at radius 3 is 2.24 bits per heavy atom. The number of rotatable bonds is 1. The van der Waals surface area contributed by atoms with E-state index in [-0.39, 0.29) is 5.82 Å². The van der Waals surface area contributed by atoms with Crippen molar-refractivity contribution in [2.75, 3.05) is 0 Å². The summed E-state index contributed by atoms with van der Waals surface area (Å²) in [5.41, 5.74) is 2.29. The first-order valence-corrected chi connectivity index (χ1v) is 6.57. The summed E-state index contributed by atoms with van der Waals surface area (Å²) in [4.78, 5) is 24.4. The number of halogens is 1. The van der Waals surface area contributed by atoms with E-state index in [1.807, 2.05) is 18.2 Å². The standard InChI is InChI=1S/C18H9FO2/c19-12-7-4-10(5-8-12)13-9-6-11-2-1-3-14-15(11)16(13)18(21)17(14)20/h1-9H. The van der Waals surface area contributed by atoms with E-state index in [9.17, 15) is 14.0 Å². The van der Waals surface area contributed by atoms with Crippen molar-refractivity contribution in [2.45, 2.75) is 0 Å². The second-order valence-electron chi connectivity index (χ2n) is 5.06. The van der Waals surface area contributed by atoms with Gasteiger partial charge in [-0.2, -0.15) is 0 Å². The maximum Gasteiger partial charge on any atom is 0.234 e. The molecule has 0 fully saturated rings. The molecule has 3 aromatic rings. The number of hydrogen-bond donors (Lipinski definition) is 0. The number of carbonyl (C=O) groups excluding carboxylic acids is 2. The zero-order valence-electron chi connectivity index (χ0n) is 10.9. The van der Waals surface area contributed by atoms with Crippen LogP contribution in [0.15, 0.2) is 54.6 Å². The number of Topliss-reactive ketones (excluding diaryl/α,β-unsaturated/α-hetero) is 2. The van der Waals surface area contributed by atoms with E-state index in [2.05, 4.69) is 0 Å². The van der Waals surface area contributed by atoms with Crippen LogP contribution in [-0.2, 0) is 0 Å². The predicted molar refractivity (Wildman–Crippen MR) is 78.0 cm³/mol. The molecular weight excluding hydrogens is 267 g/mol. The molecule has 4 rings (SSSR count). The lowest BCUT2D eigenvalue weighted by Gasteiger charge is -2.08. The Bertz CT molecular complexity index is 924. The summed E-state index contributed by atoms with van der Waals surface area (Å²) in [7, 11) is 0. The van der Waals surface area contributed by atoms with Gasteiger partial charge in [-0.15, -0.1) is 0 Å². The molecule has 1 aliphatic rings. The molecule has 21 heavy (non-hydrogen) atoms. The minimum absolute atomic E-state index is 0.334. The molecular formula is C18H9FO2. The van der Waals surface area contributed by atoms with Crippen LogP contribution >= 0.6 is 0 Å². The minimum atomic E-state index is -0.485. The van der Waals surface area contributed by atoms with Crippen molar-refractivity contribution in [1.29, 1.82) is 0 Å². The van der Waals surface area contributed by atoms with Crippen LogP contribution in [0.1, 0.15) is 20.7 Å². The summed E-state index contributed by atoms with van der Waals surface area (Å²) in [5, 5.41) is 1.57. The Morgan fingerprint density at radius 1 is 0.714 bits per heavy atom. The average molecular weight is 276 g/mol. The highest BCUT2D eigenvalue weighted by Gasteiger charge is 2.32. The van der Waals surface area contributed by atoms with Gasteiger partial charge in [0.2, 0.25) is 11.6 Å². The molecule has 0 amide bonds. The Labute approximate surface area is 119 Å². The Hall–Kier alpha value is -2.81. The summed E-state index contributed by atoms with van der Waals surface area (Å²) in [6, 6.07) is 14.9. The van der Waals surface area contributed by atoms with Gasteiger partial charge in [0.15, 0.2) is 0 Å². The molecule has 0 aromatic heterocycles. The van der Waals surface area contributed by atoms with Gasteiger partial charge in [0, 0.05) is 16.5 Å². The largest absolute Gasteiger partial charge is 0.285 e. The van der Waals surface area contributed by atoms with E-state index >= 15 is 0 Å². The summed E-state index contributed by atoms with van der Waals surface area (Å²) < 4.78 is 13.1. The lowest BCUT2D eigenvalue weighted by atomic mass is 9.95. The first kappa shape index (κ1) is 12.0. The van der Waals surface area contributed by atoms with E-state index in [1.165, 1.54) is 12.1 Å². The molecule has 3 heteroatoms. The van der Waals surface area contributed by atoms with Crippen LogP contribution < -0.4 is 0 Å². The van der Waals surface area contributed by atoms with Crippen LogP contribution in [0.5, 0.6) is 0 Å². The fraction of sp³-hybridized carbons (Fsp3) is 0. The number of hydrogen-bond acceptors (Lipinski definition) is 2. The highest BCUT2D eigenvalue weighted by atomic mass is 19.1. The van der Waals surface area contributed by atoms with Gasteiger partial charge in [-0.1, -0.05) is 42.5 Å². The quantitative estimate of drug-likeness (QED) is 0.629. The maximum atomic E-state index is 13.1. The minimum Gasteiger partial charge on any atom is -0.285 e. The van der Waals surface area contributed by atoms with E-state index in [4.69, 9.17) is 0 Å². The van der Waals surface area contributed by atoms with Gasteiger partial charge in [0.05, 0.1) is 0 Å². The monoisotopic (exact) mass is 276 g/mol. The molecule has 3 aromatic carbocycles. The molecule has 0 saturated heterocycles. The van der Waals surface area contributed by atoms with E-state index in [1.54, 1.807) is 24.3 Å². The third-order valence-corrected chi connectivity index (χ3v) is 3.88. The molecule has 1 aliphatic carbocycles. The predicted octanol–water partition coefficient (Wildman–Crippen LogP) is 4.02. The van der Waals surface area contributed by atoms with Gasteiger partial charge in [0.25, 0.3) is 0 Å². The molecule has 0 bridgehead atoms. The molecule has 0 N–H and O–H groups in total. The van der Waals surface area contributed by atoms with Gasteiger partial charge in [0.1, 0.15) is 5.82 Å². The topological polar surface area (TPSA) is 34.1 Å². The fourth-order valence-electron chi connectivity index (χ4n) is 2.91. The van der Waals surface area contributed by atoms with Gasteiger partial charge in [-0.3, -0.25) is 9.59 Å². The Morgan fingerprint density at radius 2 is 1.48 bits per heavy atom. The van der Waals surface area contributed by atoms with Crippen molar-refractivity contribution in [3.8, 4) is 11.1 Å². The van der Waals surface area contributed by atoms with E-state index < -0.39 is 11.6 Å². The molecule has 0 unspecified atom stereocenters. The van der Waals surface area contributed by atoms with Crippen molar-refractivity contribution in [3.05, 3.63) is 71.5 Å². The van der Waals surface area contributed by atoms with Crippen molar-refractivity contribution in [1.82, 2.24) is 0 Å². The Balaban J connectivity index is 2.10. The second kappa shape index (κ2) is 4.09. The summed E-state index contributed by atoms with van der Waals surface area (Å²) in [5.74, 6) is -1.29. The number of carbonyl (C=O) groups is 2. The van der Waals surface area contributed by atoms with Gasteiger partial charge >= 0.3 is 0 Å². The molecule has 0 saturated carbocycles. The first-order chi connectivity index (χ1) is 10.2. The lowest BCUT2D eigenvalue weighted by molar-refractivity contribution is 0.0825. The van der Waals surface area contributed by atoms with Crippen LogP contribution in [0, 0.1) is 5.82 Å². The highest BCUT2D eigenvalue weighted by molar-refractivity contribution is 6.58. The summed E-state index contributed by atoms with van der Waals surface area (Å²) in [6.07, 6.45) is 0. The van der Waals surface area contributed by atoms with Crippen molar-refractivity contribution in [2.24, 2.45) is 0 Å². The van der Waals surface area contributed by atoms with Crippen LogP contribution in [-0.4, -0.2) is 11.6 Å². The number of ketones is 2. The smallest absolute Gasteiger partial charge is 0.234 e. The SMILES string of the molecule is O=C1C(=O)c2c(-c3ccc(F)cc3)ccc3cccc1c23. The third-order valence-electron chi connectivity index (χ3n) is 3.88. The summed E-state index contributed by atoms with van der Waals surface area (Å²) >= 11 is 0. The van der Waals surface area contributed by atoms with Crippen LogP contribution in [0.25, 0.3) is 21.9 Å². The van der Waals surface area contributed by atoms with E-state index in [0.29, 0.717) is 22.1 Å². The lowest BCUT2D eigenvalue weighted by Crippen LogP contribution is -2.07. The van der Waals surface area contributed by atoms with Gasteiger partial charge in [-0.25, -0.2) is 4.39 Å². The molecule has 0 spiro atoms. The van der Waals surface area contributed by atoms with Crippen molar-refractivity contribution >= 4 is 22.3 Å². The zero-order chi connectivity index (χ0) is 14.6. The zero-order valence-corrected chi connectivity index (χ0v) is 10.9. The highest BCUT2D eigenvalue weighted by Crippen LogP contribution is 2.37.